The van der Waals surface area contributed by atoms with Crippen LogP contribution >= 0.6 is 0 Å². The van der Waals surface area contributed by atoms with Gasteiger partial charge in [-0.3, -0.25) is 0 Å². The Balaban J connectivity index is 2.49. The van der Waals surface area contributed by atoms with Crippen molar-refractivity contribution in [3.05, 3.63) is 35.7 Å². The highest BCUT2D eigenvalue weighted by Crippen LogP contribution is 2.22. The van der Waals surface area contributed by atoms with Crippen molar-refractivity contribution >= 4 is 16.0 Å². The van der Waals surface area contributed by atoms with Crippen molar-refractivity contribution < 1.29 is 8.42 Å². The predicted molar refractivity (Wildman–Crippen MR) is 67.9 cm³/mol. The van der Waals surface area contributed by atoms with Crippen LogP contribution in [0.25, 0.3) is 0 Å². The molecule has 0 saturated carbocycles. The Hall–Kier alpha value is -1.89. The minimum Gasteiger partial charge on any atom is -0.245 e. The van der Waals surface area contributed by atoms with Gasteiger partial charge in [-0.15, -0.1) is 0 Å². The number of aryl methyl sites for hydroxylation is 2. The molecule has 1 heterocycles. The molecule has 0 aliphatic rings. The lowest BCUT2D eigenvalue weighted by Gasteiger charge is -2.17. The number of hydrogen-bond donors (Lipinski definition) is 1. The smallest absolute Gasteiger partial charge is 0.245 e. The summed E-state index contributed by atoms with van der Waals surface area (Å²) in [5.74, 6) is 0.190. The quantitative estimate of drug-likeness (QED) is 0.906. The van der Waals surface area contributed by atoms with Crippen LogP contribution in [0.4, 0.5) is 5.95 Å². The van der Waals surface area contributed by atoms with E-state index in [2.05, 4.69) is 15.2 Å². The first kappa shape index (κ1) is 12.6. The molecular weight excluding hydrogens is 252 g/mol. The summed E-state index contributed by atoms with van der Waals surface area (Å²) in [7, 11) is -2.17. The van der Waals surface area contributed by atoms with E-state index >= 15 is 0 Å². The lowest BCUT2D eigenvalue weighted by Crippen LogP contribution is -2.28. The number of aromatic amines is 1. The molecule has 7 heteroatoms. The van der Waals surface area contributed by atoms with Crippen LogP contribution in [0.15, 0.2) is 29.4 Å². The van der Waals surface area contributed by atoms with E-state index in [4.69, 9.17) is 0 Å². The number of aromatic nitrogens is 3. The van der Waals surface area contributed by atoms with Gasteiger partial charge in [0.2, 0.25) is 5.95 Å². The molecule has 0 unspecified atom stereocenters. The maximum absolute atomic E-state index is 12.4. The van der Waals surface area contributed by atoms with E-state index in [-0.39, 0.29) is 10.8 Å². The Labute approximate surface area is 106 Å². The zero-order valence-corrected chi connectivity index (χ0v) is 11.2. The van der Waals surface area contributed by atoms with Crippen LogP contribution in [-0.2, 0) is 10.0 Å². The Morgan fingerprint density at radius 1 is 1.28 bits per heavy atom. The van der Waals surface area contributed by atoms with E-state index < -0.39 is 10.0 Å². The van der Waals surface area contributed by atoms with Crippen LogP contribution < -0.4 is 4.31 Å². The molecule has 0 amide bonds. The minimum atomic E-state index is -3.61. The van der Waals surface area contributed by atoms with Gasteiger partial charge in [0.1, 0.15) is 6.33 Å². The first-order chi connectivity index (χ1) is 8.43. The lowest BCUT2D eigenvalue weighted by molar-refractivity contribution is 0.593. The zero-order valence-electron chi connectivity index (χ0n) is 10.4. The fourth-order valence-electron chi connectivity index (χ4n) is 1.70. The van der Waals surface area contributed by atoms with Gasteiger partial charge in [-0.1, -0.05) is 17.7 Å². The van der Waals surface area contributed by atoms with Crippen molar-refractivity contribution in [2.24, 2.45) is 0 Å². The van der Waals surface area contributed by atoms with Crippen LogP contribution in [0.2, 0.25) is 0 Å². The van der Waals surface area contributed by atoms with Gasteiger partial charge in [-0.05, 0) is 25.5 Å². The number of benzene rings is 1. The average molecular weight is 266 g/mol. The molecule has 2 aromatic rings. The van der Waals surface area contributed by atoms with E-state index in [1.807, 2.05) is 13.0 Å². The van der Waals surface area contributed by atoms with E-state index in [1.54, 1.807) is 19.1 Å². The van der Waals surface area contributed by atoms with Crippen molar-refractivity contribution in [2.45, 2.75) is 18.7 Å². The van der Waals surface area contributed by atoms with Gasteiger partial charge in [-0.2, -0.15) is 10.1 Å². The summed E-state index contributed by atoms with van der Waals surface area (Å²) >= 11 is 0. The first-order valence-electron chi connectivity index (χ1n) is 5.34. The fraction of sp³-hybridized carbons (Fsp3) is 0.273. The van der Waals surface area contributed by atoms with Crippen LogP contribution in [0.3, 0.4) is 0 Å². The number of nitrogens with zero attached hydrogens (tertiary/aromatic N) is 3. The molecule has 18 heavy (non-hydrogen) atoms. The standard InChI is InChI=1S/C11H14N4O2S/c1-8-4-5-10(9(2)6-8)18(16,17)15(3)11-12-7-13-14-11/h4-7H,1-3H3,(H,12,13,14). The molecular formula is C11H14N4O2S. The molecule has 0 radical (unpaired) electrons. The topological polar surface area (TPSA) is 79.0 Å². The fourth-order valence-corrected chi connectivity index (χ4v) is 3.02. The largest absolute Gasteiger partial charge is 0.266 e. The summed E-state index contributed by atoms with van der Waals surface area (Å²) in [6.07, 6.45) is 1.27. The molecule has 6 nitrogen and oxygen atoms in total. The molecule has 1 N–H and O–H groups in total. The minimum absolute atomic E-state index is 0.190. The molecule has 2 rings (SSSR count). The molecule has 0 bridgehead atoms. The van der Waals surface area contributed by atoms with E-state index in [1.165, 1.54) is 13.4 Å². The van der Waals surface area contributed by atoms with Gasteiger partial charge in [0.25, 0.3) is 10.0 Å². The third-order valence-corrected chi connectivity index (χ3v) is 4.58. The van der Waals surface area contributed by atoms with Crippen molar-refractivity contribution in [2.75, 3.05) is 11.4 Å². The van der Waals surface area contributed by atoms with Crippen molar-refractivity contribution in [3.63, 3.8) is 0 Å². The third kappa shape index (κ3) is 2.08. The van der Waals surface area contributed by atoms with Gasteiger partial charge in [0.05, 0.1) is 4.90 Å². The Bertz CT molecular complexity index is 650. The van der Waals surface area contributed by atoms with Crippen LogP contribution in [0.1, 0.15) is 11.1 Å². The number of nitrogens with one attached hydrogen (secondary N) is 1. The Morgan fingerprint density at radius 3 is 2.56 bits per heavy atom. The number of H-pyrrole nitrogens is 1. The predicted octanol–water partition coefficient (Wildman–Crippen LogP) is 1.25. The highest BCUT2D eigenvalue weighted by Gasteiger charge is 2.24. The van der Waals surface area contributed by atoms with E-state index in [0.29, 0.717) is 5.56 Å². The maximum Gasteiger partial charge on any atom is 0.266 e. The number of rotatable bonds is 3. The average Bonchev–Trinajstić information content (AvgIpc) is 2.80. The number of sulfonamides is 1. The molecule has 0 saturated heterocycles. The van der Waals surface area contributed by atoms with Crippen molar-refractivity contribution in [3.8, 4) is 0 Å². The van der Waals surface area contributed by atoms with E-state index in [9.17, 15) is 8.42 Å². The first-order valence-corrected chi connectivity index (χ1v) is 6.78. The SMILES string of the molecule is Cc1ccc(S(=O)(=O)N(C)c2ncn[nH]2)c(C)c1. The molecule has 96 valence electrons. The Kier molecular flexibility index (Phi) is 3.08. The Morgan fingerprint density at radius 2 is 2.00 bits per heavy atom. The summed E-state index contributed by atoms with van der Waals surface area (Å²) in [4.78, 5) is 4.11. The second-order valence-electron chi connectivity index (χ2n) is 4.05. The zero-order chi connectivity index (χ0) is 13.3. The van der Waals surface area contributed by atoms with Crippen LogP contribution in [-0.4, -0.2) is 30.6 Å². The van der Waals surface area contributed by atoms with Crippen LogP contribution in [0.5, 0.6) is 0 Å². The highest BCUT2D eigenvalue weighted by atomic mass is 32.2. The second-order valence-corrected chi connectivity index (χ2v) is 5.99. The van der Waals surface area contributed by atoms with Gasteiger partial charge in [0.15, 0.2) is 0 Å². The molecule has 1 aromatic carbocycles. The summed E-state index contributed by atoms with van der Waals surface area (Å²) < 4.78 is 25.9. The maximum atomic E-state index is 12.4. The molecule has 0 atom stereocenters. The van der Waals surface area contributed by atoms with Gasteiger partial charge < -0.3 is 0 Å². The van der Waals surface area contributed by atoms with Crippen LogP contribution in [0, 0.1) is 13.8 Å². The summed E-state index contributed by atoms with van der Waals surface area (Å²) in [6, 6.07) is 5.21. The van der Waals surface area contributed by atoms with Gasteiger partial charge in [-0.25, -0.2) is 17.8 Å². The molecule has 0 aliphatic heterocycles. The molecule has 0 aliphatic carbocycles. The summed E-state index contributed by atoms with van der Waals surface area (Å²) in [6.45, 7) is 3.69. The van der Waals surface area contributed by atoms with Crippen molar-refractivity contribution in [1.29, 1.82) is 0 Å². The summed E-state index contributed by atoms with van der Waals surface area (Å²) in [5, 5.41) is 6.17. The van der Waals surface area contributed by atoms with E-state index in [0.717, 1.165) is 9.87 Å². The normalized spacial score (nSPS) is 11.5. The summed E-state index contributed by atoms with van der Waals surface area (Å²) in [5.41, 5.74) is 1.73. The third-order valence-electron chi connectivity index (χ3n) is 2.67. The molecule has 0 spiro atoms. The monoisotopic (exact) mass is 266 g/mol. The number of anilines is 1. The highest BCUT2D eigenvalue weighted by molar-refractivity contribution is 7.92. The van der Waals surface area contributed by atoms with Crippen molar-refractivity contribution in [1.82, 2.24) is 15.2 Å². The molecule has 0 fully saturated rings. The second kappa shape index (κ2) is 4.41. The van der Waals surface area contributed by atoms with Gasteiger partial charge in [0, 0.05) is 7.05 Å². The number of hydrogen-bond acceptors (Lipinski definition) is 4. The van der Waals surface area contributed by atoms with Gasteiger partial charge >= 0.3 is 0 Å². The lowest BCUT2D eigenvalue weighted by atomic mass is 10.2. The molecule has 1 aromatic heterocycles.